The molecule has 0 bridgehead atoms. The van der Waals surface area contributed by atoms with E-state index in [2.05, 4.69) is 23.8 Å². The van der Waals surface area contributed by atoms with Crippen molar-refractivity contribution in [2.75, 3.05) is 5.32 Å². The summed E-state index contributed by atoms with van der Waals surface area (Å²) in [6.07, 6.45) is 1.47. The van der Waals surface area contributed by atoms with Crippen LogP contribution in [0.15, 0.2) is 65.7 Å². The Morgan fingerprint density at radius 2 is 1.76 bits per heavy atom. The number of allylic oxidation sites excluding steroid dienone is 3. The maximum atomic E-state index is 13.1. The van der Waals surface area contributed by atoms with Gasteiger partial charge < -0.3 is 5.32 Å². The molecule has 8 heteroatoms. The van der Waals surface area contributed by atoms with Gasteiger partial charge in [-0.1, -0.05) is 37.3 Å². The number of anilines is 1. The molecule has 0 spiro atoms. The predicted octanol–water partition coefficient (Wildman–Crippen LogP) is 6.67. The lowest BCUT2D eigenvalue weighted by Gasteiger charge is -2.29. The summed E-state index contributed by atoms with van der Waals surface area (Å²) >= 11 is 0. The maximum absolute atomic E-state index is 13.1. The van der Waals surface area contributed by atoms with E-state index < -0.39 is 26.8 Å². The first-order valence-corrected chi connectivity index (χ1v) is 12.6. The number of benzene rings is 1. The van der Waals surface area contributed by atoms with E-state index in [1.54, 1.807) is 24.3 Å². The van der Waals surface area contributed by atoms with E-state index in [1.165, 1.54) is 11.6 Å². The number of halogens is 3. The Balaban J connectivity index is 1.60. The van der Waals surface area contributed by atoms with E-state index in [1.807, 2.05) is 13.0 Å². The second-order valence-corrected chi connectivity index (χ2v) is 10.7. The van der Waals surface area contributed by atoms with Crippen LogP contribution in [0.3, 0.4) is 0 Å². The Morgan fingerprint density at radius 1 is 1.12 bits per heavy atom. The van der Waals surface area contributed by atoms with Crippen LogP contribution in [-0.4, -0.2) is 24.7 Å². The minimum absolute atomic E-state index is 0.0278. The lowest BCUT2D eigenvalue weighted by atomic mass is 9.95. The van der Waals surface area contributed by atoms with Crippen LogP contribution in [0.2, 0.25) is 0 Å². The third-order valence-electron chi connectivity index (χ3n) is 6.09. The van der Waals surface area contributed by atoms with Gasteiger partial charge in [0.05, 0.1) is 15.7 Å². The molecule has 0 atom stereocenters. The van der Waals surface area contributed by atoms with Crippen LogP contribution in [-0.2, 0) is 16.0 Å². The molecule has 0 aliphatic heterocycles. The number of aromatic nitrogens is 1. The molecule has 1 heterocycles. The van der Waals surface area contributed by atoms with Gasteiger partial charge in [-0.15, -0.1) is 0 Å². The number of nitrogens with zero attached hydrogens (tertiary/aromatic N) is 1. The van der Waals surface area contributed by atoms with Crippen molar-refractivity contribution in [3.63, 3.8) is 0 Å². The van der Waals surface area contributed by atoms with Gasteiger partial charge in [-0.05, 0) is 74.4 Å². The highest BCUT2D eigenvalue weighted by Gasteiger charge is 2.33. The van der Waals surface area contributed by atoms with E-state index in [-0.39, 0.29) is 6.04 Å². The molecular formula is C25H29F3N2O2S. The van der Waals surface area contributed by atoms with Gasteiger partial charge in [-0.2, -0.15) is 13.2 Å². The molecule has 1 fully saturated rings. The largest absolute Gasteiger partial charge is 0.417 e. The normalized spacial score (nSPS) is 19.8. The summed E-state index contributed by atoms with van der Waals surface area (Å²) in [5.74, 6) is 0.359. The van der Waals surface area contributed by atoms with E-state index in [9.17, 15) is 21.6 Å². The van der Waals surface area contributed by atoms with Crippen molar-refractivity contribution >= 4 is 21.2 Å². The molecule has 1 aliphatic rings. The molecule has 3 rings (SSSR count). The average Bonchev–Trinajstić information content (AvgIpc) is 2.79. The summed E-state index contributed by atoms with van der Waals surface area (Å²) in [4.78, 5) is 4.14. The van der Waals surface area contributed by atoms with Crippen molar-refractivity contribution in [1.82, 2.24) is 4.98 Å². The zero-order valence-electron chi connectivity index (χ0n) is 18.8. The maximum Gasteiger partial charge on any atom is 0.417 e. The smallest absolute Gasteiger partial charge is 0.367 e. The number of alkyl halides is 3. The monoisotopic (exact) mass is 478 g/mol. The van der Waals surface area contributed by atoms with Crippen LogP contribution in [0.5, 0.6) is 0 Å². The molecule has 0 amide bonds. The van der Waals surface area contributed by atoms with Gasteiger partial charge in [0.15, 0.2) is 9.84 Å². The van der Waals surface area contributed by atoms with E-state index in [0.717, 1.165) is 29.8 Å². The average molecular weight is 479 g/mol. The lowest BCUT2D eigenvalue weighted by molar-refractivity contribution is -0.137. The van der Waals surface area contributed by atoms with Crippen molar-refractivity contribution < 1.29 is 21.6 Å². The van der Waals surface area contributed by atoms with Gasteiger partial charge in [0.25, 0.3) is 0 Å². The molecule has 0 saturated heterocycles. The Morgan fingerprint density at radius 3 is 2.27 bits per heavy atom. The van der Waals surface area contributed by atoms with Crippen LogP contribution in [0, 0.1) is 0 Å². The van der Waals surface area contributed by atoms with Gasteiger partial charge in [0.1, 0.15) is 5.82 Å². The predicted molar refractivity (Wildman–Crippen MR) is 126 cm³/mol. The third-order valence-corrected chi connectivity index (χ3v) is 8.37. The molecule has 1 aromatic carbocycles. The Bertz CT molecular complexity index is 1100. The summed E-state index contributed by atoms with van der Waals surface area (Å²) in [6.45, 7) is 8.16. The molecule has 4 nitrogen and oxygen atoms in total. The van der Waals surface area contributed by atoms with Crippen molar-refractivity contribution in [2.24, 2.45) is 0 Å². The van der Waals surface area contributed by atoms with Crippen LogP contribution >= 0.6 is 0 Å². The molecule has 0 unspecified atom stereocenters. The summed E-state index contributed by atoms with van der Waals surface area (Å²) in [5, 5.41) is 2.64. The number of sulfone groups is 1. The molecular weight excluding hydrogens is 449 g/mol. The van der Waals surface area contributed by atoms with Gasteiger partial charge in [-0.25, -0.2) is 13.4 Å². The van der Waals surface area contributed by atoms with Crippen molar-refractivity contribution in [2.45, 2.75) is 68.3 Å². The fourth-order valence-corrected chi connectivity index (χ4v) is 5.70. The van der Waals surface area contributed by atoms with E-state index in [0.29, 0.717) is 36.4 Å². The Hall–Kier alpha value is -2.61. The SMILES string of the molecule is C=C(/C=C(\C)CC)c1ccc(S(=O)(=O)C2CCC(Nc3ccc(C(F)(F)F)cn3)CC2)cc1. The van der Waals surface area contributed by atoms with Gasteiger partial charge in [0.2, 0.25) is 0 Å². The van der Waals surface area contributed by atoms with Crippen LogP contribution < -0.4 is 5.32 Å². The highest BCUT2D eigenvalue weighted by Crippen LogP contribution is 2.32. The van der Waals surface area contributed by atoms with Crippen LogP contribution in [0.4, 0.5) is 19.0 Å². The molecule has 0 radical (unpaired) electrons. The summed E-state index contributed by atoms with van der Waals surface area (Å²) in [6, 6.07) is 9.13. The Labute approximate surface area is 193 Å². The molecule has 1 aliphatic carbocycles. The van der Waals surface area contributed by atoms with Crippen molar-refractivity contribution in [1.29, 1.82) is 0 Å². The number of nitrogens with one attached hydrogen (secondary N) is 1. The second-order valence-electron chi connectivity index (χ2n) is 8.49. The zero-order chi connectivity index (χ0) is 24.2. The molecule has 1 N–H and O–H groups in total. The lowest BCUT2D eigenvalue weighted by Crippen LogP contribution is -2.33. The number of rotatable bonds is 7. The van der Waals surface area contributed by atoms with Crippen molar-refractivity contribution in [3.8, 4) is 0 Å². The fraction of sp³-hybridized carbons (Fsp3) is 0.400. The summed E-state index contributed by atoms with van der Waals surface area (Å²) < 4.78 is 64.3. The second kappa shape index (κ2) is 10.1. The van der Waals surface area contributed by atoms with Crippen molar-refractivity contribution in [3.05, 3.63) is 72.0 Å². The molecule has 2 aromatic rings. The molecule has 1 aromatic heterocycles. The quantitative estimate of drug-likeness (QED) is 0.452. The first kappa shape index (κ1) is 25.0. The number of hydrogen-bond acceptors (Lipinski definition) is 4. The number of hydrogen-bond donors (Lipinski definition) is 1. The standard InChI is InChI=1S/C25H29F3N2O2S/c1-4-17(2)15-18(3)19-5-10-22(11-6-19)33(31,32)23-12-8-21(9-13-23)30-24-14-7-20(16-29-24)25(26,27)28/h5-7,10-11,14-16,21,23H,3-4,8-9,12-13H2,1-2H3,(H,29,30)/b17-15+. The molecule has 33 heavy (non-hydrogen) atoms. The topological polar surface area (TPSA) is 59.1 Å². The van der Waals surface area contributed by atoms with Gasteiger partial charge in [-0.3, -0.25) is 0 Å². The Kier molecular flexibility index (Phi) is 7.67. The van der Waals surface area contributed by atoms with Gasteiger partial charge in [0, 0.05) is 12.2 Å². The highest BCUT2D eigenvalue weighted by molar-refractivity contribution is 7.92. The third kappa shape index (κ3) is 6.25. The van der Waals surface area contributed by atoms with Crippen LogP contribution in [0.25, 0.3) is 5.57 Å². The van der Waals surface area contributed by atoms with E-state index >= 15 is 0 Å². The first-order valence-electron chi connectivity index (χ1n) is 11.0. The zero-order valence-corrected chi connectivity index (χ0v) is 19.6. The number of pyridine rings is 1. The first-order chi connectivity index (χ1) is 15.5. The van der Waals surface area contributed by atoms with Crippen LogP contribution in [0.1, 0.15) is 57.1 Å². The minimum Gasteiger partial charge on any atom is -0.367 e. The van der Waals surface area contributed by atoms with Gasteiger partial charge >= 0.3 is 6.18 Å². The highest BCUT2D eigenvalue weighted by atomic mass is 32.2. The summed E-state index contributed by atoms with van der Waals surface area (Å²) in [5.41, 5.74) is 2.14. The minimum atomic E-state index is -4.42. The molecule has 1 saturated carbocycles. The fourth-order valence-electron chi connectivity index (χ4n) is 3.91. The summed E-state index contributed by atoms with van der Waals surface area (Å²) in [7, 11) is -3.46. The van der Waals surface area contributed by atoms with E-state index in [4.69, 9.17) is 0 Å². The molecule has 178 valence electrons.